The maximum absolute atomic E-state index is 12.9. The highest BCUT2D eigenvalue weighted by molar-refractivity contribution is 5.92. The lowest BCUT2D eigenvalue weighted by atomic mass is 10.1. The van der Waals surface area contributed by atoms with Gasteiger partial charge in [-0.25, -0.2) is 9.48 Å². The topological polar surface area (TPSA) is 115 Å². The molecule has 0 radical (unpaired) electrons. The average molecular weight is 428 g/mol. The predicted molar refractivity (Wildman–Crippen MR) is 98.9 cm³/mol. The molecule has 1 saturated heterocycles. The molecule has 1 fully saturated rings. The number of nitro groups is 1. The highest BCUT2D eigenvalue weighted by atomic mass is 19.4. The average Bonchev–Trinajstić information content (AvgIpc) is 2.98. The molecule has 1 N–H and O–H groups in total. The first-order chi connectivity index (χ1) is 14.1. The van der Waals surface area contributed by atoms with Crippen LogP contribution in [0.15, 0.2) is 29.1 Å². The summed E-state index contributed by atoms with van der Waals surface area (Å²) < 4.78 is 40.2. The predicted octanol–water partition coefficient (Wildman–Crippen LogP) is 1.78. The largest absolute Gasteiger partial charge is 0.451 e. The third kappa shape index (κ3) is 4.67. The number of likely N-dealkylation sites (tertiary alicyclic amines) is 1. The van der Waals surface area contributed by atoms with Gasteiger partial charge in [0.25, 0.3) is 5.69 Å². The van der Waals surface area contributed by atoms with E-state index in [1.165, 1.54) is 24.3 Å². The molecular weight excluding hydrogens is 409 g/mol. The van der Waals surface area contributed by atoms with Crippen LogP contribution >= 0.6 is 0 Å². The van der Waals surface area contributed by atoms with Crippen molar-refractivity contribution in [1.29, 1.82) is 0 Å². The van der Waals surface area contributed by atoms with Gasteiger partial charge in [0.2, 0.25) is 11.7 Å². The summed E-state index contributed by atoms with van der Waals surface area (Å²) in [5.41, 5.74) is -0.680. The van der Waals surface area contributed by atoms with Crippen LogP contribution in [-0.2, 0) is 18.0 Å². The smallest absolute Gasteiger partial charge is 0.325 e. The molecule has 0 atom stereocenters. The van der Waals surface area contributed by atoms with Crippen molar-refractivity contribution in [3.05, 3.63) is 50.7 Å². The van der Waals surface area contributed by atoms with Gasteiger partial charge < -0.3 is 5.32 Å². The van der Waals surface area contributed by atoms with Crippen LogP contribution in [0, 0.1) is 10.1 Å². The second-order valence-corrected chi connectivity index (χ2v) is 6.97. The standard InChI is InChI=1S/C17H19F3N6O4/c1-23-15(17(18,19)20)22-25(16(23)28)12-5-7-24(8-6-12)10-14(27)21-11-3-2-4-13(9-11)26(29)30/h2-4,9,12H,5-8,10H2,1H3,(H,21,27). The normalized spacial score (nSPS) is 15.9. The first-order valence-electron chi connectivity index (χ1n) is 9.05. The molecule has 30 heavy (non-hydrogen) atoms. The molecular formula is C17H19F3N6O4. The summed E-state index contributed by atoms with van der Waals surface area (Å²) in [6.45, 7) is 0.787. The summed E-state index contributed by atoms with van der Waals surface area (Å²) in [4.78, 5) is 36.3. The van der Waals surface area contributed by atoms with E-state index < -0.39 is 28.7 Å². The molecule has 1 aliphatic heterocycles. The number of halogens is 3. The van der Waals surface area contributed by atoms with Gasteiger partial charge in [0, 0.05) is 38.0 Å². The number of nitrogens with zero attached hydrogens (tertiary/aromatic N) is 5. The summed E-state index contributed by atoms with van der Waals surface area (Å²) in [6.07, 6.45) is -4.00. The lowest BCUT2D eigenvalue weighted by Crippen LogP contribution is -2.41. The number of hydrogen-bond donors (Lipinski definition) is 1. The first-order valence-corrected chi connectivity index (χ1v) is 9.05. The SMILES string of the molecule is Cn1c(C(F)(F)F)nn(C2CCN(CC(=O)Nc3cccc([N+](=O)[O-])c3)CC2)c1=O. The molecule has 0 aliphatic carbocycles. The van der Waals surface area contributed by atoms with Crippen LogP contribution < -0.4 is 11.0 Å². The van der Waals surface area contributed by atoms with Gasteiger partial charge in [0.15, 0.2) is 0 Å². The monoisotopic (exact) mass is 428 g/mol. The molecule has 2 heterocycles. The minimum Gasteiger partial charge on any atom is -0.325 e. The molecule has 0 unspecified atom stereocenters. The van der Waals surface area contributed by atoms with Gasteiger partial charge in [0.1, 0.15) is 0 Å². The van der Waals surface area contributed by atoms with E-state index in [0.29, 0.717) is 36.2 Å². The second-order valence-electron chi connectivity index (χ2n) is 6.97. The molecule has 0 saturated carbocycles. The van der Waals surface area contributed by atoms with Gasteiger partial charge in [-0.2, -0.15) is 13.2 Å². The fourth-order valence-corrected chi connectivity index (χ4v) is 3.36. The summed E-state index contributed by atoms with van der Waals surface area (Å²) in [5.74, 6) is -1.62. The number of piperidine rings is 1. The number of aromatic nitrogens is 3. The molecule has 0 spiro atoms. The van der Waals surface area contributed by atoms with E-state index >= 15 is 0 Å². The van der Waals surface area contributed by atoms with Crippen molar-refractivity contribution in [1.82, 2.24) is 19.2 Å². The summed E-state index contributed by atoms with van der Waals surface area (Å²) in [7, 11) is 1.03. The number of carbonyl (C=O) groups is 1. The van der Waals surface area contributed by atoms with E-state index in [0.717, 1.165) is 11.7 Å². The van der Waals surface area contributed by atoms with Gasteiger partial charge in [-0.3, -0.25) is 24.4 Å². The number of nitro benzene ring substituents is 1. The zero-order valence-electron chi connectivity index (χ0n) is 15.9. The number of nitrogens with one attached hydrogen (secondary N) is 1. The van der Waals surface area contributed by atoms with E-state index in [1.807, 2.05) is 0 Å². The zero-order chi connectivity index (χ0) is 22.1. The molecule has 1 amide bonds. The minimum absolute atomic E-state index is 0.0142. The number of alkyl halides is 3. The third-order valence-electron chi connectivity index (χ3n) is 4.87. The molecule has 0 bridgehead atoms. The van der Waals surface area contributed by atoms with Crippen molar-refractivity contribution in [2.45, 2.75) is 25.1 Å². The van der Waals surface area contributed by atoms with Gasteiger partial charge in [0.05, 0.1) is 17.5 Å². The molecule has 13 heteroatoms. The molecule has 10 nitrogen and oxygen atoms in total. The Morgan fingerprint density at radius 3 is 2.57 bits per heavy atom. The summed E-state index contributed by atoms with van der Waals surface area (Å²) >= 11 is 0. The van der Waals surface area contributed by atoms with Crippen molar-refractivity contribution in [3.63, 3.8) is 0 Å². The number of carbonyl (C=O) groups excluding carboxylic acids is 1. The first kappa shape index (κ1) is 21.5. The maximum Gasteiger partial charge on any atom is 0.451 e. The Kier molecular flexibility index (Phi) is 5.92. The highest BCUT2D eigenvalue weighted by Crippen LogP contribution is 2.28. The van der Waals surface area contributed by atoms with E-state index in [-0.39, 0.29) is 18.1 Å². The van der Waals surface area contributed by atoms with Crippen LogP contribution in [0.2, 0.25) is 0 Å². The lowest BCUT2D eigenvalue weighted by molar-refractivity contribution is -0.384. The Hall–Kier alpha value is -3.22. The zero-order valence-corrected chi connectivity index (χ0v) is 15.9. The van der Waals surface area contributed by atoms with E-state index in [1.54, 1.807) is 4.90 Å². The Morgan fingerprint density at radius 1 is 1.33 bits per heavy atom. The van der Waals surface area contributed by atoms with Gasteiger partial charge >= 0.3 is 11.9 Å². The number of amides is 1. The molecule has 3 rings (SSSR count). The Labute approximate surface area is 168 Å². The van der Waals surface area contributed by atoms with Crippen molar-refractivity contribution >= 4 is 17.3 Å². The highest BCUT2D eigenvalue weighted by Gasteiger charge is 2.39. The van der Waals surface area contributed by atoms with Crippen LogP contribution in [0.3, 0.4) is 0 Å². The minimum atomic E-state index is -4.72. The maximum atomic E-state index is 12.9. The van der Waals surface area contributed by atoms with Crippen LogP contribution in [0.4, 0.5) is 24.5 Å². The molecule has 1 aromatic heterocycles. The second kappa shape index (κ2) is 8.26. The molecule has 2 aromatic rings. The van der Waals surface area contributed by atoms with Crippen molar-refractivity contribution in [2.24, 2.45) is 7.05 Å². The lowest BCUT2D eigenvalue weighted by Gasteiger charge is -2.30. The number of hydrogen-bond acceptors (Lipinski definition) is 6. The van der Waals surface area contributed by atoms with Gasteiger partial charge in [-0.1, -0.05) is 6.07 Å². The van der Waals surface area contributed by atoms with Crippen LogP contribution in [0.25, 0.3) is 0 Å². The molecule has 162 valence electrons. The number of non-ortho nitro benzene ring substituents is 1. The van der Waals surface area contributed by atoms with Crippen LogP contribution in [0.5, 0.6) is 0 Å². The third-order valence-corrected chi connectivity index (χ3v) is 4.87. The molecule has 1 aromatic carbocycles. The quantitative estimate of drug-likeness (QED) is 0.574. The summed E-state index contributed by atoms with van der Waals surface area (Å²) in [6, 6.07) is 5.05. The number of rotatable bonds is 5. The number of anilines is 1. The Balaban J connectivity index is 1.57. The van der Waals surface area contributed by atoms with Gasteiger partial charge in [-0.05, 0) is 18.9 Å². The fourth-order valence-electron chi connectivity index (χ4n) is 3.36. The van der Waals surface area contributed by atoms with E-state index in [4.69, 9.17) is 0 Å². The molecule has 1 aliphatic rings. The Morgan fingerprint density at radius 2 is 2.00 bits per heavy atom. The van der Waals surface area contributed by atoms with Crippen LogP contribution in [0.1, 0.15) is 24.7 Å². The van der Waals surface area contributed by atoms with E-state index in [9.17, 15) is 32.9 Å². The summed E-state index contributed by atoms with van der Waals surface area (Å²) in [5, 5.41) is 16.8. The van der Waals surface area contributed by atoms with E-state index in [2.05, 4.69) is 10.4 Å². The van der Waals surface area contributed by atoms with Crippen LogP contribution in [-0.4, -0.2) is 49.7 Å². The van der Waals surface area contributed by atoms with Crippen molar-refractivity contribution in [3.8, 4) is 0 Å². The fraction of sp³-hybridized carbons (Fsp3) is 0.471. The Bertz CT molecular complexity index is 1010. The van der Waals surface area contributed by atoms with Crippen molar-refractivity contribution in [2.75, 3.05) is 25.0 Å². The van der Waals surface area contributed by atoms with Crippen molar-refractivity contribution < 1.29 is 22.9 Å². The number of benzene rings is 1. The van der Waals surface area contributed by atoms with Gasteiger partial charge in [-0.15, -0.1) is 5.10 Å².